The second-order valence-electron chi connectivity index (χ2n) is 4.69. The fraction of sp³-hybridized carbons (Fsp3) is 0.111. The van der Waals surface area contributed by atoms with Gasteiger partial charge in [-0.1, -0.05) is 41.1 Å². The standard InChI is InChI=1S/C18H16N2O3/c1-3-17(13-5-9-15(19)10-6-13)21-23-22-18(4-2)14-7-11-16(20)12-8-14/h1-2,5-12,17-18H,19-20H2. The van der Waals surface area contributed by atoms with Crippen molar-refractivity contribution in [2.24, 2.45) is 0 Å². The molecule has 2 rings (SSSR count). The van der Waals surface area contributed by atoms with Gasteiger partial charge in [-0.3, -0.25) is 0 Å². The number of hydrogen-bond acceptors (Lipinski definition) is 5. The lowest BCUT2D eigenvalue weighted by Gasteiger charge is -2.14. The van der Waals surface area contributed by atoms with E-state index in [0.29, 0.717) is 22.5 Å². The van der Waals surface area contributed by atoms with E-state index in [2.05, 4.69) is 11.8 Å². The monoisotopic (exact) mass is 308 g/mol. The maximum Gasteiger partial charge on any atom is 0.181 e. The molecule has 2 aromatic rings. The number of nitrogen functional groups attached to an aromatic ring is 2. The maximum atomic E-state index is 5.62. The van der Waals surface area contributed by atoms with Gasteiger partial charge < -0.3 is 11.5 Å². The molecule has 0 aliphatic carbocycles. The Bertz CT molecular complexity index is 648. The SMILES string of the molecule is C#CC(OOOC(C#C)c1ccc(N)cc1)c1ccc(N)cc1. The first-order valence-electron chi connectivity index (χ1n) is 6.76. The summed E-state index contributed by atoms with van der Waals surface area (Å²) in [6.45, 7) is 0. The Hall–Kier alpha value is -2.96. The molecule has 0 aromatic heterocycles. The quantitative estimate of drug-likeness (QED) is 0.371. The number of hydrogen-bond donors (Lipinski definition) is 2. The fourth-order valence-corrected chi connectivity index (χ4v) is 1.80. The van der Waals surface area contributed by atoms with Crippen molar-refractivity contribution in [1.29, 1.82) is 0 Å². The number of rotatable bonds is 6. The summed E-state index contributed by atoms with van der Waals surface area (Å²) >= 11 is 0. The van der Waals surface area contributed by atoms with Crippen molar-refractivity contribution < 1.29 is 14.8 Å². The Morgan fingerprint density at radius 1 is 0.696 bits per heavy atom. The zero-order valence-electron chi connectivity index (χ0n) is 12.3. The van der Waals surface area contributed by atoms with Crippen LogP contribution >= 0.6 is 0 Å². The number of anilines is 2. The van der Waals surface area contributed by atoms with Gasteiger partial charge in [-0.2, -0.15) is 9.78 Å². The molecule has 116 valence electrons. The Balaban J connectivity index is 1.94. The smallest absolute Gasteiger partial charge is 0.181 e. The van der Waals surface area contributed by atoms with Crippen LogP contribution in [0.1, 0.15) is 23.3 Å². The molecule has 2 aromatic carbocycles. The molecule has 23 heavy (non-hydrogen) atoms. The fourth-order valence-electron chi connectivity index (χ4n) is 1.80. The molecule has 5 heteroatoms. The molecule has 0 aliphatic rings. The van der Waals surface area contributed by atoms with E-state index in [1.54, 1.807) is 48.5 Å². The van der Waals surface area contributed by atoms with Crippen LogP contribution in [0.5, 0.6) is 0 Å². The van der Waals surface area contributed by atoms with Gasteiger partial charge >= 0.3 is 0 Å². The second kappa shape index (κ2) is 7.88. The van der Waals surface area contributed by atoms with Crippen LogP contribution in [0.15, 0.2) is 48.5 Å². The third-order valence-corrected chi connectivity index (χ3v) is 3.05. The van der Waals surface area contributed by atoms with Crippen LogP contribution in [0.25, 0.3) is 0 Å². The highest BCUT2D eigenvalue weighted by Gasteiger charge is 2.14. The van der Waals surface area contributed by atoms with Gasteiger partial charge in [0.25, 0.3) is 0 Å². The molecule has 0 fully saturated rings. The van der Waals surface area contributed by atoms with Crippen molar-refractivity contribution >= 4 is 11.4 Å². The van der Waals surface area contributed by atoms with Crippen LogP contribution < -0.4 is 11.5 Å². The van der Waals surface area contributed by atoms with E-state index in [1.165, 1.54) is 0 Å². The van der Waals surface area contributed by atoms with Gasteiger partial charge in [0.2, 0.25) is 0 Å². The van der Waals surface area contributed by atoms with E-state index in [-0.39, 0.29) is 0 Å². The van der Waals surface area contributed by atoms with E-state index in [4.69, 9.17) is 39.1 Å². The molecule has 2 unspecified atom stereocenters. The lowest BCUT2D eigenvalue weighted by atomic mass is 10.1. The van der Waals surface area contributed by atoms with Gasteiger partial charge in [-0.15, -0.1) is 12.8 Å². The van der Waals surface area contributed by atoms with E-state index >= 15 is 0 Å². The van der Waals surface area contributed by atoms with Crippen LogP contribution in [-0.4, -0.2) is 0 Å². The minimum Gasteiger partial charge on any atom is -0.399 e. The molecule has 0 bridgehead atoms. The number of terminal acetylenes is 2. The normalized spacial score (nSPS) is 12.8. The van der Waals surface area contributed by atoms with Crippen molar-refractivity contribution in [2.45, 2.75) is 12.2 Å². The lowest BCUT2D eigenvalue weighted by Crippen LogP contribution is -2.08. The van der Waals surface area contributed by atoms with Crippen LogP contribution in [0.4, 0.5) is 11.4 Å². The number of benzene rings is 2. The predicted octanol–water partition coefficient (Wildman–Crippen LogP) is 2.78. The van der Waals surface area contributed by atoms with Gasteiger partial charge in [-0.25, -0.2) is 0 Å². The van der Waals surface area contributed by atoms with Crippen molar-refractivity contribution in [3.63, 3.8) is 0 Å². The molecule has 2 atom stereocenters. The summed E-state index contributed by atoms with van der Waals surface area (Å²) in [6.07, 6.45) is 9.35. The summed E-state index contributed by atoms with van der Waals surface area (Å²) in [5.41, 5.74) is 13.9. The molecular formula is C18H16N2O3. The summed E-state index contributed by atoms with van der Waals surface area (Å²) in [4.78, 5) is 10.2. The zero-order valence-corrected chi connectivity index (χ0v) is 12.3. The molecule has 0 heterocycles. The first-order chi connectivity index (χ1) is 11.1. The molecule has 0 amide bonds. The third kappa shape index (κ3) is 4.50. The molecule has 0 aliphatic heterocycles. The predicted molar refractivity (Wildman–Crippen MR) is 88.1 cm³/mol. The summed E-state index contributed by atoms with van der Waals surface area (Å²) in [5.74, 6) is 4.88. The molecule has 4 N–H and O–H groups in total. The van der Waals surface area contributed by atoms with Crippen molar-refractivity contribution in [2.75, 3.05) is 11.5 Å². The highest BCUT2D eigenvalue weighted by molar-refractivity contribution is 5.41. The highest BCUT2D eigenvalue weighted by Crippen LogP contribution is 2.22. The third-order valence-electron chi connectivity index (χ3n) is 3.05. The second-order valence-corrected chi connectivity index (χ2v) is 4.69. The average molecular weight is 308 g/mol. The summed E-state index contributed by atoms with van der Waals surface area (Å²) in [6, 6.07) is 13.8. The summed E-state index contributed by atoms with van der Waals surface area (Å²) < 4.78 is 0. The van der Waals surface area contributed by atoms with E-state index in [1.807, 2.05) is 0 Å². The summed E-state index contributed by atoms with van der Waals surface area (Å²) in [5, 5.41) is 4.76. The Kier molecular flexibility index (Phi) is 5.62. The molecule has 0 spiro atoms. The molecule has 0 radical (unpaired) electrons. The molecule has 0 saturated carbocycles. The first-order valence-corrected chi connectivity index (χ1v) is 6.76. The van der Waals surface area contributed by atoms with Gasteiger partial charge in [0, 0.05) is 11.4 Å². The molecular weight excluding hydrogens is 292 g/mol. The van der Waals surface area contributed by atoms with Crippen molar-refractivity contribution in [3.8, 4) is 24.7 Å². The minimum atomic E-state index is -0.750. The van der Waals surface area contributed by atoms with E-state index < -0.39 is 12.2 Å². The maximum absolute atomic E-state index is 5.62. The highest BCUT2D eigenvalue weighted by atomic mass is 17.5. The van der Waals surface area contributed by atoms with Crippen LogP contribution in [0, 0.1) is 24.7 Å². The van der Waals surface area contributed by atoms with Gasteiger partial charge in [0.1, 0.15) is 0 Å². The largest absolute Gasteiger partial charge is 0.399 e. The van der Waals surface area contributed by atoms with Gasteiger partial charge in [0.15, 0.2) is 12.2 Å². The minimum absolute atomic E-state index is 0.623. The average Bonchev–Trinajstić information content (AvgIpc) is 2.57. The topological polar surface area (TPSA) is 79.7 Å². The van der Waals surface area contributed by atoms with Crippen LogP contribution in [0.3, 0.4) is 0 Å². The van der Waals surface area contributed by atoms with Crippen LogP contribution in [-0.2, 0) is 14.8 Å². The lowest BCUT2D eigenvalue weighted by molar-refractivity contribution is -0.533. The van der Waals surface area contributed by atoms with Crippen LogP contribution in [0.2, 0.25) is 0 Å². The Morgan fingerprint density at radius 3 is 1.35 bits per heavy atom. The van der Waals surface area contributed by atoms with Gasteiger partial charge in [-0.05, 0) is 35.4 Å². The van der Waals surface area contributed by atoms with E-state index in [9.17, 15) is 0 Å². The molecule has 5 nitrogen and oxygen atoms in total. The Morgan fingerprint density at radius 2 is 1.04 bits per heavy atom. The van der Waals surface area contributed by atoms with Crippen molar-refractivity contribution in [1.82, 2.24) is 0 Å². The number of nitrogens with two attached hydrogens (primary N) is 2. The van der Waals surface area contributed by atoms with Gasteiger partial charge in [0.05, 0.1) is 0 Å². The zero-order chi connectivity index (χ0) is 16.7. The van der Waals surface area contributed by atoms with Crippen molar-refractivity contribution in [3.05, 3.63) is 59.7 Å². The van der Waals surface area contributed by atoms with E-state index in [0.717, 1.165) is 0 Å². The summed E-state index contributed by atoms with van der Waals surface area (Å²) in [7, 11) is 0. The molecule has 0 saturated heterocycles. The first kappa shape index (κ1) is 16.4. The Labute approximate surface area is 135 Å².